The Bertz CT molecular complexity index is 688. The van der Waals surface area contributed by atoms with E-state index in [4.69, 9.17) is 9.84 Å². The van der Waals surface area contributed by atoms with Crippen molar-refractivity contribution in [2.75, 3.05) is 13.7 Å². The molecular formula is C20H23NO3. The Morgan fingerprint density at radius 1 is 1.08 bits per heavy atom. The molecule has 0 radical (unpaired) electrons. The predicted molar refractivity (Wildman–Crippen MR) is 94.1 cm³/mol. The number of nitrogens with one attached hydrogen (secondary N) is 1. The molecule has 0 heterocycles. The fraction of sp³-hybridized carbons (Fsp3) is 0.350. The smallest absolute Gasteiger partial charge is 0.405 e. The van der Waals surface area contributed by atoms with Crippen molar-refractivity contribution >= 4 is 6.09 Å². The van der Waals surface area contributed by atoms with Crippen LogP contribution in [-0.2, 0) is 16.7 Å². The summed E-state index contributed by atoms with van der Waals surface area (Å²) in [7, 11) is 1.73. The Morgan fingerprint density at radius 3 is 2.17 bits per heavy atom. The van der Waals surface area contributed by atoms with Gasteiger partial charge in [0.1, 0.15) is 0 Å². The molecule has 0 bridgehead atoms. The van der Waals surface area contributed by atoms with Crippen molar-refractivity contribution in [3.8, 4) is 11.1 Å². The van der Waals surface area contributed by atoms with Crippen molar-refractivity contribution in [1.29, 1.82) is 0 Å². The first-order valence-corrected chi connectivity index (χ1v) is 8.33. The Kier molecular flexibility index (Phi) is 4.86. The number of hydrogen-bond acceptors (Lipinski definition) is 2. The van der Waals surface area contributed by atoms with Gasteiger partial charge < -0.3 is 15.2 Å². The molecule has 0 saturated heterocycles. The van der Waals surface area contributed by atoms with Gasteiger partial charge in [0.2, 0.25) is 0 Å². The summed E-state index contributed by atoms with van der Waals surface area (Å²) in [5.74, 6) is 0. The van der Waals surface area contributed by atoms with Crippen LogP contribution >= 0.6 is 0 Å². The van der Waals surface area contributed by atoms with E-state index in [0.29, 0.717) is 0 Å². The van der Waals surface area contributed by atoms with Crippen LogP contribution in [0.15, 0.2) is 48.5 Å². The maximum absolute atomic E-state index is 10.9. The topological polar surface area (TPSA) is 58.6 Å². The molecule has 2 aromatic rings. The van der Waals surface area contributed by atoms with E-state index in [1.807, 2.05) is 12.1 Å². The summed E-state index contributed by atoms with van der Waals surface area (Å²) in [6.07, 6.45) is 2.84. The van der Waals surface area contributed by atoms with Crippen molar-refractivity contribution in [1.82, 2.24) is 5.32 Å². The Hall–Kier alpha value is -2.33. The van der Waals surface area contributed by atoms with E-state index in [1.54, 1.807) is 7.11 Å². The van der Waals surface area contributed by atoms with Gasteiger partial charge in [0.25, 0.3) is 0 Å². The number of aryl methyl sites for hydroxylation is 1. The molecule has 1 aliphatic carbocycles. The Labute approximate surface area is 142 Å². The van der Waals surface area contributed by atoms with Crippen LogP contribution in [0.3, 0.4) is 0 Å². The quantitative estimate of drug-likeness (QED) is 0.751. The minimum Gasteiger partial charge on any atom is -0.465 e. The lowest BCUT2D eigenvalue weighted by Gasteiger charge is -2.16. The molecule has 2 aromatic carbocycles. The van der Waals surface area contributed by atoms with Gasteiger partial charge in [-0.1, -0.05) is 48.5 Å². The molecule has 24 heavy (non-hydrogen) atoms. The minimum atomic E-state index is -0.958. The van der Waals surface area contributed by atoms with E-state index in [-0.39, 0.29) is 5.54 Å². The number of rotatable bonds is 7. The van der Waals surface area contributed by atoms with E-state index < -0.39 is 6.09 Å². The predicted octanol–water partition coefficient (Wildman–Crippen LogP) is 4.19. The van der Waals surface area contributed by atoms with E-state index in [0.717, 1.165) is 43.4 Å². The highest BCUT2D eigenvalue weighted by Gasteiger charge is 2.45. The average Bonchev–Trinajstić information content (AvgIpc) is 3.36. The van der Waals surface area contributed by atoms with E-state index in [9.17, 15) is 4.79 Å². The van der Waals surface area contributed by atoms with Crippen LogP contribution in [0.1, 0.15) is 30.4 Å². The first kappa shape index (κ1) is 16.5. The summed E-state index contributed by atoms with van der Waals surface area (Å²) in [4.78, 5) is 10.9. The minimum absolute atomic E-state index is 0.366. The lowest BCUT2D eigenvalue weighted by molar-refractivity contribution is 0.188. The van der Waals surface area contributed by atoms with Crippen LogP contribution in [-0.4, -0.2) is 24.9 Å². The number of methoxy groups -OCH3 is 1. The highest BCUT2D eigenvalue weighted by molar-refractivity contribution is 5.68. The fourth-order valence-corrected chi connectivity index (χ4v) is 3.08. The van der Waals surface area contributed by atoms with Gasteiger partial charge in [0, 0.05) is 13.7 Å². The van der Waals surface area contributed by atoms with Crippen LogP contribution in [0.2, 0.25) is 0 Å². The lowest BCUT2D eigenvalue weighted by atomic mass is 9.98. The third-order valence-electron chi connectivity index (χ3n) is 4.63. The second kappa shape index (κ2) is 7.05. The number of carbonyl (C=O) groups is 1. The SMILES string of the molecule is COCCCc1ccc(-c2ccc(C3(NC(=O)O)CC3)cc2)cc1. The number of benzene rings is 2. The number of amides is 1. The summed E-state index contributed by atoms with van der Waals surface area (Å²) < 4.78 is 5.08. The number of carboxylic acid groups (broad SMARTS) is 1. The maximum Gasteiger partial charge on any atom is 0.405 e. The van der Waals surface area contributed by atoms with Crippen LogP contribution < -0.4 is 5.32 Å². The van der Waals surface area contributed by atoms with Crippen LogP contribution in [0, 0.1) is 0 Å². The fourth-order valence-electron chi connectivity index (χ4n) is 3.08. The highest BCUT2D eigenvalue weighted by atomic mass is 16.5. The molecule has 4 heteroatoms. The van der Waals surface area contributed by atoms with Crippen molar-refractivity contribution in [3.05, 3.63) is 59.7 Å². The molecule has 1 aliphatic rings. The molecule has 4 nitrogen and oxygen atoms in total. The van der Waals surface area contributed by atoms with E-state index in [2.05, 4.69) is 41.7 Å². The Balaban J connectivity index is 1.68. The van der Waals surface area contributed by atoms with Gasteiger partial charge in [-0.2, -0.15) is 0 Å². The van der Waals surface area contributed by atoms with Crippen LogP contribution in [0.4, 0.5) is 4.79 Å². The summed E-state index contributed by atoms with van der Waals surface area (Å²) >= 11 is 0. The van der Waals surface area contributed by atoms with E-state index >= 15 is 0 Å². The van der Waals surface area contributed by atoms with Crippen molar-refractivity contribution in [3.63, 3.8) is 0 Å². The number of hydrogen-bond donors (Lipinski definition) is 2. The molecule has 1 fully saturated rings. The first-order valence-electron chi connectivity index (χ1n) is 8.33. The van der Waals surface area contributed by atoms with Gasteiger partial charge in [-0.15, -0.1) is 0 Å². The molecule has 0 atom stereocenters. The zero-order valence-corrected chi connectivity index (χ0v) is 13.9. The van der Waals surface area contributed by atoms with Gasteiger partial charge in [-0.3, -0.25) is 0 Å². The molecule has 1 amide bonds. The molecule has 0 aliphatic heterocycles. The van der Waals surface area contributed by atoms with Crippen LogP contribution in [0.25, 0.3) is 11.1 Å². The first-order chi connectivity index (χ1) is 11.6. The normalized spacial score (nSPS) is 15.0. The highest BCUT2D eigenvalue weighted by Crippen LogP contribution is 2.45. The van der Waals surface area contributed by atoms with Gasteiger partial charge in [-0.25, -0.2) is 4.79 Å². The second-order valence-corrected chi connectivity index (χ2v) is 6.38. The number of ether oxygens (including phenoxy) is 1. The van der Waals surface area contributed by atoms with Crippen molar-refractivity contribution in [2.45, 2.75) is 31.2 Å². The maximum atomic E-state index is 10.9. The molecule has 1 saturated carbocycles. The summed E-state index contributed by atoms with van der Waals surface area (Å²) in [6.45, 7) is 0.787. The van der Waals surface area contributed by atoms with Crippen molar-refractivity contribution in [2.24, 2.45) is 0 Å². The molecule has 0 unspecified atom stereocenters. The summed E-state index contributed by atoms with van der Waals surface area (Å²) in [6, 6.07) is 16.8. The largest absolute Gasteiger partial charge is 0.465 e. The molecule has 126 valence electrons. The van der Waals surface area contributed by atoms with E-state index in [1.165, 1.54) is 11.1 Å². The zero-order chi connectivity index (χ0) is 17.0. The molecule has 2 N–H and O–H groups in total. The standard InChI is InChI=1S/C20H23NO3/c1-24-14-2-3-15-4-6-16(7-5-15)17-8-10-18(11-9-17)20(12-13-20)21-19(22)23/h4-11,21H,2-3,12-14H2,1H3,(H,22,23). The zero-order valence-electron chi connectivity index (χ0n) is 13.9. The molecule has 3 rings (SSSR count). The third kappa shape index (κ3) is 3.77. The molecule has 0 aromatic heterocycles. The Morgan fingerprint density at radius 2 is 1.67 bits per heavy atom. The average molecular weight is 325 g/mol. The van der Waals surface area contributed by atoms with Gasteiger partial charge in [0.05, 0.1) is 5.54 Å². The second-order valence-electron chi connectivity index (χ2n) is 6.38. The summed E-state index contributed by atoms with van der Waals surface area (Å²) in [5, 5.41) is 11.6. The van der Waals surface area contributed by atoms with Gasteiger partial charge in [-0.05, 0) is 47.9 Å². The summed E-state index contributed by atoms with van der Waals surface area (Å²) in [5.41, 5.74) is 4.32. The molecular weight excluding hydrogens is 302 g/mol. The lowest BCUT2D eigenvalue weighted by Crippen LogP contribution is -2.33. The van der Waals surface area contributed by atoms with Crippen molar-refractivity contribution < 1.29 is 14.6 Å². The molecule has 0 spiro atoms. The van der Waals surface area contributed by atoms with Crippen LogP contribution in [0.5, 0.6) is 0 Å². The monoisotopic (exact) mass is 325 g/mol. The van der Waals surface area contributed by atoms with Gasteiger partial charge in [0.15, 0.2) is 0 Å². The van der Waals surface area contributed by atoms with Gasteiger partial charge >= 0.3 is 6.09 Å². The third-order valence-corrected chi connectivity index (χ3v) is 4.63.